The molecular formula is C20H19NO4. The number of benzene rings is 2. The number of fused-ring (bicyclic) bond motifs is 2. The zero-order valence-corrected chi connectivity index (χ0v) is 13.9. The summed E-state index contributed by atoms with van der Waals surface area (Å²) in [4.78, 5) is 14.8. The third-order valence-corrected chi connectivity index (χ3v) is 4.77. The fraction of sp³-hybridized carbons (Fsp3) is 0.250. The second kappa shape index (κ2) is 6.16. The minimum absolute atomic E-state index is 0.0168. The molecule has 0 saturated carbocycles. The molecule has 1 unspecified atom stereocenters. The first-order valence-electron chi connectivity index (χ1n) is 8.37. The van der Waals surface area contributed by atoms with Gasteiger partial charge in [-0.3, -0.25) is 4.79 Å². The highest BCUT2D eigenvalue weighted by atomic mass is 16.7. The van der Waals surface area contributed by atoms with Gasteiger partial charge in [-0.15, -0.1) is 0 Å². The van der Waals surface area contributed by atoms with Gasteiger partial charge < -0.3 is 19.6 Å². The Morgan fingerprint density at radius 2 is 2.08 bits per heavy atom. The zero-order chi connectivity index (χ0) is 17.4. The maximum atomic E-state index is 11.5. The molecule has 2 N–H and O–H groups in total. The molecule has 0 fully saturated rings. The van der Waals surface area contributed by atoms with Crippen LogP contribution in [0.2, 0.25) is 0 Å². The van der Waals surface area contributed by atoms with Gasteiger partial charge in [0.1, 0.15) is 0 Å². The van der Waals surface area contributed by atoms with Crippen molar-refractivity contribution in [2.45, 2.75) is 25.7 Å². The molecule has 1 aromatic heterocycles. The molecule has 4 rings (SSSR count). The van der Waals surface area contributed by atoms with Crippen LogP contribution in [0, 0.1) is 0 Å². The van der Waals surface area contributed by atoms with Crippen LogP contribution >= 0.6 is 0 Å². The molecule has 0 spiro atoms. The van der Waals surface area contributed by atoms with Gasteiger partial charge in [-0.1, -0.05) is 31.2 Å². The fourth-order valence-electron chi connectivity index (χ4n) is 3.53. The molecule has 5 heteroatoms. The summed E-state index contributed by atoms with van der Waals surface area (Å²) in [5.74, 6) is 0.281. The second-order valence-electron chi connectivity index (χ2n) is 6.20. The molecule has 0 aliphatic carbocycles. The number of ether oxygens (including phenoxy) is 2. The van der Waals surface area contributed by atoms with Gasteiger partial charge in [0, 0.05) is 23.0 Å². The molecule has 5 nitrogen and oxygen atoms in total. The number of hydrogen-bond donors (Lipinski definition) is 2. The molecule has 2 aromatic carbocycles. The zero-order valence-electron chi connectivity index (χ0n) is 13.9. The molecule has 1 atom stereocenters. The Morgan fingerprint density at radius 3 is 2.88 bits per heavy atom. The van der Waals surface area contributed by atoms with E-state index >= 15 is 0 Å². The highest BCUT2D eigenvalue weighted by Crippen LogP contribution is 2.39. The summed E-state index contributed by atoms with van der Waals surface area (Å²) >= 11 is 0. The van der Waals surface area contributed by atoms with Crippen molar-refractivity contribution in [2.75, 3.05) is 6.79 Å². The van der Waals surface area contributed by atoms with Crippen LogP contribution in [-0.4, -0.2) is 22.9 Å². The quantitative estimate of drug-likeness (QED) is 0.736. The van der Waals surface area contributed by atoms with Gasteiger partial charge in [-0.25, -0.2) is 0 Å². The number of aromatic amines is 1. The average Bonchev–Trinajstić information content (AvgIpc) is 3.25. The summed E-state index contributed by atoms with van der Waals surface area (Å²) < 4.78 is 10.8. The summed E-state index contributed by atoms with van der Waals surface area (Å²) in [6.45, 7) is 2.32. The summed E-state index contributed by atoms with van der Waals surface area (Å²) in [6, 6.07) is 11.8. The average molecular weight is 337 g/mol. The maximum absolute atomic E-state index is 11.5. The van der Waals surface area contributed by atoms with E-state index in [1.165, 1.54) is 5.56 Å². The van der Waals surface area contributed by atoms with Crippen molar-refractivity contribution in [2.24, 2.45) is 0 Å². The van der Waals surface area contributed by atoms with Crippen LogP contribution in [0.5, 0.6) is 11.5 Å². The lowest BCUT2D eigenvalue weighted by Crippen LogP contribution is -2.07. The van der Waals surface area contributed by atoms with Crippen molar-refractivity contribution in [3.8, 4) is 11.5 Å². The predicted molar refractivity (Wildman–Crippen MR) is 94.3 cm³/mol. The number of carbonyl (C=O) groups is 1. The molecule has 0 bridgehead atoms. The van der Waals surface area contributed by atoms with E-state index in [0.717, 1.165) is 28.5 Å². The standard InChI is InChI=1S/C20H19NO4/c1-2-12-4-3-5-14-16(10-21-20(12)14)15(9-19(22)23)13-6-7-17-18(8-13)25-11-24-17/h3-8,10,15,21H,2,9,11H2,1H3,(H,22,23). The number of para-hydroxylation sites is 1. The number of carboxylic acids is 1. The monoisotopic (exact) mass is 337 g/mol. The first-order chi connectivity index (χ1) is 12.2. The smallest absolute Gasteiger partial charge is 0.304 e. The molecule has 2 heterocycles. The lowest BCUT2D eigenvalue weighted by atomic mass is 9.87. The number of hydrogen-bond acceptors (Lipinski definition) is 3. The first-order valence-corrected chi connectivity index (χ1v) is 8.37. The summed E-state index contributed by atoms with van der Waals surface area (Å²) in [6.07, 6.45) is 2.87. The van der Waals surface area contributed by atoms with Crippen molar-refractivity contribution in [1.29, 1.82) is 0 Å². The normalized spacial score (nSPS) is 14.0. The third kappa shape index (κ3) is 2.71. The van der Waals surface area contributed by atoms with Crippen LogP contribution in [-0.2, 0) is 11.2 Å². The molecule has 128 valence electrons. The summed E-state index contributed by atoms with van der Waals surface area (Å²) in [7, 11) is 0. The molecule has 25 heavy (non-hydrogen) atoms. The lowest BCUT2D eigenvalue weighted by Gasteiger charge is -2.16. The van der Waals surface area contributed by atoms with Gasteiger partial charge in [-0.2, -0.15) is 0 Å². The largest absolute Gasteiger partial charge is 0.481 e. The highest BCUT2D eigenvalue weighted by Gasteiger charge is 2.24. The van der Waals surface area contributed by atoms with Crippen molar-refractivity contribution >= 4 is 16.9 Å². The van der Waals surface area contributed by atoms with E-state index in [-0.39, 0.29) is 19.1 Å². The number of carboxylic acid groups (broad SMARTS) is 1. The molecular weight excluding hydrogens is 318 g/mol. The summed E-state index contributed by atoms with van der Waals surface area (Å²) in [5.41, 5.74) is 4.21. The number of aryl methyl sites for hydroxylation is 1. The van der Waals surface area contributed by atoms with Gasteiger partial charge in [0.05, 0.1) is 6.42 Å². The van der Waals surface area contributed by atoms with Gasteiger partial charge >= 0.3 is 5.97 Å². The van der Waals surface area contributed by atoms with Crippen LogP contribution in [0.15, 0.2) is 42.6 Å². The van der Waals surface area contributed by atoms with E-state index in [2.05, 4.69) is 18.0 Å². The predicted octanol–water partition coefficient (Wildman–Crippen LogP) is 4.07. The van der Waals surface area contributed by atoms with E-state index in [1.54, 1.807) is 0 Å². The number of aliphatic carboxylic acids is 1. The van der Waals surface area contributed by atoms with E-state index in [9.17, 15) is 9.90 Å². The topological polar surface area (TPSA) is 71.6 Å². The van der Waals surface area contributed by atoms with Crippen molar-refractivity contribution in [1.82, 2.24) is 4.98 Å². The summed E-state index contributed by atoms with van der Waals surface area (Å²) in [5, 5.41) is 10.5. The molecule has 1 aliphatic heterocycles. The fourth-order valence-corrected chi connectivity index (χ4v) is 3.53. The van der Waals surface area contributed by atoms with Crippen molar-refractivity contribution in [3.05, 3.63) is 59.3 Å². The molecule has 3 aromatic rings. The lowest BCUT2D eigenvalue weighted by molar-refractivity contribution is -0.137. The van der Waals surface area contributed by atoms with Gasteiger partial charge in [0.25, 0.3) is 0 Å². The van der Waals surface area contributed by atoms with Crippen molar-refractivity contribution in [3.63, 3.8) is 0 Å². The minimum Gasteiger partial charge on any atom is -0.481 e. The number of nitrogens with one attached hydrogen (secondary N) is 1. The van der Waals surface area contributed by atoms with E-state index in [4.69, 9.17) is 9.47 Å². The molecule has 0 amide bonds. The molecule has 0 saturated heterocycles. The highest BCUT2D eigenvalue weighted by molar-refractivity contribution is 5.87. The molecule has 0 radical (unpaired) electrons. The Hall–Kier alpha value is -2.95. The Kier molecular flexibility index (Phi) is 3.84. The second-order valence-corrected chi connectivity index (χ2v) is 6.20. The number of aromatic nitrogens is 1. The van der Waals surface area contributed by atoms with Crippen LogP contribution in [0.1, 0.15) is 36.0 Å². The van der Waals surface area contributed by atoms with Gasteiger partial charge in [0.15, 0.2) is 11.5 Å². The Morgan fingerprint density at radius 1 is 1.24 bits per heavy atom. The SMILES string of the molecule is CCc1cccc2c(C(CC(=O)O)c3ccc4c(c3)OCO4)c[nH]c12. The van der Waals surface area contributed by atoms with Crippen molar-refractivity contribution < 1.29 is 19.4 Å². The molecule has 1 aliphatic rings. The minimum atomic E-state index is -0.830. The third-order valence-electron chi connectivity index (χ3n) is 4.77. The van der Waals surface area contributed by atoms with Gasteiger partial charge in [-0.05, 0) is 35.2 Å². The van der Waals surface area contributed by atoms with E-state index < -0.39 is 5.97 Å². The first kappa shape index (κ1) is 15.6. The van der Waals surface area contributed by atoms with Crippen LogP contribution < -0.4 is 9.47 Å². The Labute approximate surface area is 145 Å². The number of H-pyrrole nitrogens is 1. The number of rotatable bonds is 5. The van der Waals surface area contributed by atoms with Crippen LogP contribution in [0.25, 0.3) is 10.9 Å². The van der Waals surface area contributed by atoms with Gasteiger partial charge in [0.2, 0.25) is 6.79 Å². The van der Waals surface area contributed by atoms with Crippen LogP contribution in [0.4, 0.5) is 0 Å². The van der Waals surface area contributed by atoms with E-state index in [0.29, 0.717) is 11.5 Å². The Bertz CT molecular complexity index is 944. The maximum Gasteiger partial charge on any atom is 0.304 e. The van der Waals surface area contributed by atoms with E-state index in [1.807, 2.05) is 36.5 Å². The van der Waals surface area contributed by atoms with Crippen LogP contribution in [0.3, 0.4) is 0 Å². The Balaban J connectivity index is 1.84.